The molecule has 2 aromatic rings. The van der Waals surface area contributed by atoms with Gasteiger partial charge in [-0.2, -0.15) is 0 Å². The van der Waals surface area contributed by atoms with Gasteiger partial charge in [0.1, 0.15) is 0 Å². The summed E-state index contributed by atoms with van der Waals surface area (Å²) >= 11 is 0. The summed E-state index contributed by atoms with van der Waals surface area (Å²) in [6.07, 6.45) is 2.59. The van der Waals surface area contributed by atoms with Crippen LogP contribution in [0.3, 0.4) is 0 Å². The minimum Gasteiger partial charge on any atom is -0.478 e. The monoisotopic (exact) mass is 333 g/mol. The normalized spacial score (nSPS) is 8.76. The van der Waals surface area contributed by atoms with Crippen molar-refractivity contribution in [3.05, 3.63) is 68.5 Å². The molecule has 0 aliphatic heterocycles. The van der Waals surface area contributed by atoms with E-state index >= 15 is 0 Å². The summed E-state index contributed by atoms with van der Waals surface area (Å²) in [5.74, 6) is -2.18. The maximum absolute atomic E-state index is 10.5. The Balaban J connectivity index is 0.000000364. The largest absolute Gasteiger partial charge is 0.478 e. The minimum absolute atomic E-state index is 0. The summed E-state index contributed by atoms with van der Waals surface area (Å²) in [6.45, 7) is 0. The van der Waals surface area contributed by atoms with Crippen molar-refractivity contribution in [3.8, 4) is 0 Å². The van der Waals surface area contributed by atoms with Crippen molar-refractivity contribution in [2.45, 2.75) is 0 Å². The number of hydrogen-bond acceptors (Lipinski definition) is 4. The number of aromatic carboxylic acids is 2. The van der Waals surface area contributed by atoms with Crippen molar-refractivity contribution in [3.63, 3.8) is 0 Å². The van der Waals surface area contributed by atoms with Gasteiger partial charge in [-0.25, -0.2) is 9.59 Å². The number of rotatable bonds is 2. The topological polar surface area (TPSA) is 140 Å². The maximum atomic E-state index is 10.5. The smallest absolute Gasteiger partial charge is 0.335 e. The fourth-order valence-electron chi connectivity index (χ4n) is 1.16. The van der Waals surface area contributed by atoms with E-state index in [4.69, 9.17) is 10.2 Å². The van der Waals surface area contributed by atoms with Gasteiger partial charge in [-0.05, 0) is 12.1 Å². The molecule has 0 amide bonds. The second-order valence-corrected chi connectivity index (χ2v) is 3.49. The number of aromatic amines is 2. The van der Waals surface area contributed by atoms with Gasteiger partial charge in [-0.15, -0.1) is 0 Å². The standard InChI is InChI=1S/2C6H5NO3.Mn/c2*8-5-3-4(6(9)10)1-2-7-5;/h2*1-3H,(H,7,8)(H,9,10);. The van der Waals surface area contributed by atoms with Gasteiger partial charge < -0.3 is 20.2 Å². The number of carboxylic acids is 2. The molecule has 0 aromatic carbocycles. The summed E-state index contributed by atoms with van der Waals surface area (Å²) in [5.41, 5.74) is -0.799. The number of aromatic nitrogens is 2. The van der Waals surface area contributed by atoms with Crippen LogP contribution in [0, 0.1) is 0 Å². The Hall–Kier alpha value is -2.64. The van der Waals surface area contributed by atoms with E-state index in [-0.39, 0.29) is 28.2 Å². The summed E-state index contributed by atoms with van der Waals surface area (Å²) in [4.78, 5) is 46.0. The molecule has 111 valence electrons. The molecule has 0 saturated heterocycles. The maximum Gasteiger partial charge on any atom is 0.335 e. The fourth-order valence-corrected chi connectivity index (χ4v) is 1.16. The van der Waals surface area contributed by atoms with E-state index in [1.165, 1.54) is 24.5 Å². The third kappa shape index (κ3) is 6.37. The molecule has 2 heterocycles. The zero-order valence-electron chi connectivity index (χ0n) is 10.4. The van der Waals surface area contributed by atoms with Crippen LogP contribution in [0.5, 0.6) is 0 Å². The van der Waals surface area contributed by atoms with Gasteiger partial charge in [-0.3, -0.25) is 9.59 Å². The Morgan fingerprint density at radius 2 is 1.14 bits per heavy atom. The van der Waals surface area contributed by atoms with Gasteiger partial charge in [-0.1, -0.05) is 0 Å². The van der Waals surface area contributed by atoms with Crippen LogP contribution in [0.25, 0.3) is 0 Å². The Bertz CT molecular complexity index is 673. The van der Waals surface area contributed by atoms with Gasteiger partial charge >= 0.3 is 11.9 Å². The molecule has 0 bridgehead atoms. The van der Waals surface area contributed by atoms with Gasteiger partial charge in [0.05, 0.1) is 11.1 Å². The number of hydrogen-bond donors (Lipinski definition) is 4. The number of carboxylic acid groups (broad SMARTS) is 2. The summed E-state index contributed by atoms with van der Waals surface area (Å²) < 4.78 is 0. The van der Waals surface area contributed by atoms with Crippen LogP contribution in [0.2, 0.25) is 0 Å². The van der Waals surface area contributed by atoms with Crippen LogP contribution in [0.15, 0.2) is 46.2 Å². The molecule has 0 atom stereocenters. The average molecular weight is 333 g/mol. The first kappa shape index (κ1) is 18.4. The minimum atomic E-state index is -1.09. The van der Waals surface area contributed by atoms with E-state index in [2.05, 4.69) is 9.97 Å². The van der Waals surface area contributed by atoms with E-state index < -0.39 is 23.1 Å². The van der Waals surface area contributed by atoms with E-state index in [1.54, 1.807) is 0 Å². The third-order valence-corrected chi connectivity index (χ3v) is 2.04. The van der Waals surface area contributed by atoms with Crippen LogP contribution >= 0.6 is 0 Å². The van der Waals surface area contributed by atoms with Crippen molar-refractivity contribution < 1.29 is 36.9 Å². The molecule has 0 fully saturated rings. The summed E-state index contributed by atoms with van der Waals surface area (Å²) in [6, 6.07) is 4.71. The second kappa shape index (κ2) is 8.51. The molecular formula is C12H10MnN2O6. The van der Waals surface area contributed by atoms with Gasteiger partial charge in [0.25, 0.3) is 0 Å². The molecule has 2 rings (SSSR count). The Morgan fingerprint density at radius 1 is 0.810 bits per heavy atom. The first-order chi connectivity index (χ1) is 9.40. The molecular weight excluding hydrogens is 323 g/mol. The molecule has 4 N–H and O–H groups in total. The van der Waals surface area contributed by atoms with Gasteiger partial charge in [0.2, 0.25) is 11.1 Å². The summed E-state index contributed by atoms with van der Waals surface area (Å²) in [7, 11) is 0. The number of H-pyrrole nitrogens is 2. The van der Waals surface area contributed by atoms with Crippen LogP contribution in [-0.2, 0) is 17.1 Å². The van der Waals surface area contributed by atoms with Gasteiger partial charge in [0.15, 0.2) is 0 Å². The number of pyridine rings is 2. The fraction of sp³-hybridized carbons (Fsp3) is 0. The van der Waals surface area contributed by atoms with Crippen molar-refractivity contribution in [2.75, 3.05) is 0 Å². The van der Waals surface area contributed by atoms with Crippen LogP contribution in [0.1, 0.15) is 20.7 Å². The molecule has 1 radical (unpaired) electrons. The summed E-state index contributed by atoms with van der Waals surface area (Å²) in [5, 5.41) is 16.7. The molecule has 8 nitrogen and oxygen atoms in total. The first-order valence-corrected chi connectivity index (χ1v) is 5.24. The van der Waals surface area contributed by atoms with Gasteiger partial charge in [0, 0.05) is 41.6 Å². The Morgan fingerprint density at radius 3 is 1.33 bits per heavy atom. The molecule has 0 aliphatic carbocycles. The molecule has 21 heavy (non-hydrogen) atoms. The zero-order valence-corrected chi connectivity index (χ0v) is 11.5. The molecule has 0 aliphatic rings. The average Bonchev–Trinajstić information content (AvgIpc) is 2.39. The Labute approximate surface area is 127 Å². The predicted molar refractivity (Wildman–Crippen MR) is 68.0 cm³/mol. The zero-order chi connectivity index (χ0) is 15.1. The van der Waals surface area contributed by atoms with Crippen LogP contribution in [-0.4, -0.2) is 32.1 Å². The quantitative estimate of drug-likeness (QED) is 0.576. The molecule has 0 unspecified atom stereocenters. The Kier molecular flexibility index (Phi) is 7.44. The van der Waals surface area contributed by atoms with Crippen LogP contribution < -0.4 is 11.1 Å². The van der Waals surface area contributed by atoms with Crippen molar-refractivity contribution in [1.82, 2.24) is 9.97 Å². The molecule has 2 aromatic heterocycles. The van der Waals surface area contributed by atoms with Crippen LogP contribution in [0.4, 0.5) is 0 Å². The first-order valence-electron chi connectivity index (χ1n) is 5.24. The van der Waals surface area contributed by atoms with E-state index in [1.807, 2.05) is 0 Å². The third-order valence-electron chi connectivity index (χ3n) is 2.04. The van der Waals surface area contributed by atoms with E-state index in [9.17, 15) is 19.2 Å². The molecule has 0 saturated carbocycles. The molecule has 0 spiro atoms. The number of carbonyl (C=O) groups is 2. The van der Waals surface area contributed by atoms with E-state index in [0.29, 0.717) is 0 Å². The number of nitrogens with one attached hydrogen (secondary N) is 2. The SMILES string of the molecule is O=C(O)c1cc[nH]c(=O)c1.O=C(O)c1cc[nH]c(=O)c1.[Mn]. The predicted octanol–water partition coefficient (Wildman–Crippen LogP) is 0.144. The van der Waals surface area contributed by atoms with Crippen molar-refractivity contribution in [1.29, 1.82) is 0 Å². The molecule has 9 heteroatoms. The van der Waals surface area contributed by atoms with E-state index in [0.717, 1.165) is 12.1 Å². The second-order valence-electron chi connectivity index (χ2n) is 3.49. The van der Waals surface area contributed by atoms with Crippen molar-refractivity contribution in [2.24, 2.45) is 0 Å². The van der Waals surface area contributed by atoms with Crippen molar-refractivity contribution >= 4 is 11.9 Å².